The lowest BCUT2D eigenvalue weighted by atomic mass is 10.1. The van der Waals surface area contributed by atoms with Gasteiger partial charge in [-0.05, 0) is 30.5 Å². The average Bonchev–Trinajstić information content (AvgIpc) is 2.18. The number of amides is 1. The molecule has 0 bridgehead atoms. The minimum absolute atomic E-state index is 0.371. The van der Waals surface area contributed by atoms with Gasteiger partial charge in [-0.25, -0.2) is 4.79 Å². The summed E-state index contributed by atoms with van der Waals surface area (Å²) in [6, 6.07) is 3.81. The number of carboxylic acid groups (broad SMARTS) is 1. The smallest absolute Gasteiger partial charge is 0.404 e. The van der Waals surface area contributed by atoms with Crippen LogP contribution in [0.1, 0.15) is 11.1 Å². The molecule has 0 heterocycles. The summed E-state index contributed by atoms with van der Waals surface area (Å²) < 4.78 is 0.961. The standard InChI is InChI=1S/C10H11BrClNO2/c1-6-8(11)3-2-7(9(6)12)4-5-13-10(14)15/h2-3,13H,4-5H2,1H3,(H,14,15). The van der Waals surface area contributed by atoms with E-state index in [1.165, 1.54) is 0 Å². The molecule has 0 saturated heterocycles. The number of nitrogens with one attached hydrogen (secondary N) is 1. The molecular weight excluding hydrogens is 281 g/mol. The van der Waals surface area contributed by atoms with Crippen LogP contribution in [0.3, 0.4) is 0 Å². The van der Waals surface area contributed by atoms with Crippen LogP contribution in [-0.2, 0) is 6.42 Å². The van der Waals surface area contributed by atoms with Gasteiger partial charge in [0.05, 0.1) is 0 Å². The van der Waals surface area contributed by atoms with Gasteiger partial charge in [0.15, 0.2) is 0 Å². The van der Waals surface area contributed by atoms with Gasteiger partial charge in [-0.1, -0.05) is 33.6 Å². The van der Waals surface area contributed by atoms with Crippen molar-refractivity contribution in [2.45, 2.75) is 13.3 Å². The maximum Gasteiger partial charge on any atom is 0.404 e. The SMILES string of the molecule is Cc1c(Br)ccc(CCNC(=O)O)c1Cl. The molecule has 0 unspecified atom stereocenters. The molecule has 0 radical (unpaired) electrons. The summed E-state index contributed by atoms with van der Waals surface area (Å²) in [6.07, 6.45) is -0.417. The monoisotopic (exact) mass is 291 g/mol. The third-order valence-electron chi connectivity index (χ3n) is 2.07. The van der Waals surface area contributed by atoms with Crippen molar-refractivity contribution >= 4 is 33.6 Å². The number of carbonyl (C=O) groups is 1. The van der Waals surface area contributed by atoms with E-state index >= 15 is 0 Å². The Kier molecular flexibility index (Phi) is 4.42. The molecule has 0 saturated carbocycles. The van der Waals surface area contributed by atoms with Gasteiger partial charge in [-0.2, -0.15) is 0 Å². The van der Waals surface area contributed by atoms with E-state index in [2.05, 4.69) is 21.2 Å². The lowest BCUT2D eigenvalue weighted by Gasteiger charge is -2.08. The zero-order valence-corrected chi connectivity index (χ0v) is 10.5. The van der Waals surface area contributed by atoms with Crippen LogP contribution >= 0.6 is 27.5 Å². The van der Waals surface area contributed by atoms with Gasteiger partial charge in [0.2, 0.25) is 0 Å². The van der Waals surface area contributed by atoms with Gasteiger partial charge >= 0.3 is 6.09 Å². The first-order chi connectivity index (χ1) is 7.02. The Morgan fingerprint density at radius 2 is 2.27 bits per heavy atom. The Labute approximate surface area is 102 Å². The third kappa shape index (κ3) is 3.39. The Morgan fingerprint density at radius 3 is 2.87 bits per heavy atom. The first-order valence-electron chi connectivity index (χ1n) is 4.42. The third-order valence-corrected chi connectivity index (χ3v) is 3.46. The molecule has 1 aromatic rings. The molecule has 1 aromatic carbocycles. The fourth-order valence-electron chi connectivity index (χ4n) is 1.21. The summed E-state index contributed by atoms with van der Waals surface area (Å²) in [7, 11) is 0. The highest BCUT2D eigenvalue weighted by Crippen LogP contribution is 2.27. The highest BCUT2D eigenvalue weighted by Gasteiger charge is 2.06. The van der Waals surface area contributed by atoms with Gasteiger partial charge in [0.25, 0.3) is 0 Å². The van der Waals surface area contributed by atoms with Crippen molar-refractivity contribution in [2.24, 2.45) is 0 Å². The van der Waals surface area contributed by atoms with E-state index in [0.717, 1.165) is 15.6 Å². The van der Waals surface area contributed by atoms with Crippen molar-refractivity contribution in [2.75, 3.05) is 6.54 Å². The second-order valence-corrected chi connectivity index (χ2v) is 4.36. The minimum atomic E-state index is -1.01. The molecule has 5 heteroatoms. The molecule has 82 valence electrons. The van der Waals surface area contributed by atoms with Crippen LogP contribution in [0.15, 0.2) is 16.6 Å². The zero-order valence-electron chi connectivity index (χ0n) is 8.18. The molecule has 0 spiro atoms. The molecule has 0 fully saturated rings. The summed E-state index contributed by atoms with van der Waals surface area (Å²) in [5, 5.41) is 11.4. The lowest BCUT2D eigenvalue weighted by Crippen LogP contribution is -2.23. The highest BCUT2D eigenvalue weighted by molar-refractivity contribution is 9.10. The second kappa shape index (κ2) is 5.37. The van der Waals surface area contributed by atoms with E-state index in [-0.39, 0.29) is 0 Å². The molecule has 0 atom stereocenters. The Balaban J connectivity index is 2.70. The van der Waals surface area contributed by atoms with Gasteiger partial charge in [0, 0.05) is 16.0 Å². The second-order valence-electron chi connectivity index (χ2n) is 3.13. The van der Waals surface area contributed by atoms with Gasteiger partial charge in [-0.3, -0.25) is 0 Å². The molecule has 3 nitrogen and oxygen atoms in total. The fraction of sp³-hybridized carbons (Fsp3) is 0.300. The van der Waals surface area contributed by atoms with E-state index < -0.39 is 6.09 Å². The van der Waals surface area contributed by atoms with Crippen molar-refractivity contribution in [1.82, 2.24) is 5.32 Å². The minimum Gasteiger partial charge on any atom is -0.465 e. The summed E-state index contributed by atoms with van der Waals surface area (Å²) >= 11 is 9.49. The Bertz CT molecular complexity index is 382. The number of halogens is 2. The van der Waals surface area contributed by atoms with Crippen LogP contribution in [-0.4, -0.2) is 17.7 Å². The Hall–Kier alpha value is -0.740. The normalized spacial score (nSPS) is 10.1. The van der Waals surface area contributed by atoms with Crippen molar-refractivity contribution in [3.8, 4) is 0 Å². The summed E-state index contributed by atoms with van der Waals surface area (Å²) in [6.45, 7) is 2.29. The summed E-state index contributed by atoms with van der Waals surface area (Å²) in [5.41, 5.74) is 1.93. The van der Waals surface area contributed by atoms with Gasteiger partial charge in [0.1, 0.15) is 0 Å². The van der Waals surface area contributed by atoms with Crippen LogP contribution in [0.25, 0.3) is 0 Å². The van der Waals surface area contributed by atoms with Gasteiger partial charge in [-0.15, -0.1) is 0 Å². The highest BCUT2D eigenvalue weighted by atomic mass is 79.9. The van der Waals surface area contributed by atoms with Crippen molar-refractivity contribution in [1.29, 1.82) is 0 Å². The molecule has 1 amide bonds. The molecule has 2 N–H and O–H groups in total. The van der Waals surface area contributed by atoms with E-state index in [0.29, 0.717) is 18.0 Å². The van der Waals surface area contributed by atoms with Crippen molar-refractivity contribution in [3.63, 3.8) is 0 Å². The molecule has 0 aliphatic heterocycles. The van der Waals surface area contributed by atoms with E-state index in [4.69, 9.17) is 16.7 Å². The van der Waals surface area contributed by atoms with Crippen LogP contribution in [0, 0.1) is 6.92 Å². The maximum atomic E-state index is 10.2. The number of benzene rings is 1. The van der Waals surface area contributed by atoms with Crippen LogP contribution in [0.4, 0.5) is 4.79 Å². The topological polar surface area (TPSA) is 49.3 Å². The molecule has 15 heavy (non-hydrogen) atoms. The summed E-state index contributed by atoms with van der Waals surface area (Å²) in [4.78, 5) is 10.2. The first-order valence-corrected chi connectivity index (χ1v) is 5.59. The lowest BCUT2D eigenvalue weighted by molar-refractivity contribution is 0.194. The van der Waals surface area contributed by atoms with Crippen LogP contribution in [0.2, 0.25) is 5.02 Å². The Morgan fingerprint density at radius 1 is 1.60 bits per heavy atom. The molecule has 0 aromatic heterocycles. The molecule has 0 aliphatic rings. The zero-order chi connectivity index (χ0) is 11.4. The number of rotatable bonds is 3. The molecule has 1 rings (SSSR count). The summed E-state index contributed by atoms with van der Waals surface area (Å²) in [5.74, 6) is 0. The first kappa shape index (κ1) is 12.3. The van der Waals surface area contributed by atoms with Crippen LogP contribution < -0.4 is 5.32 Å². The van der Waals surface area contributed by atoms with E-state index in [1.54, 1.807) is 0 Å². The predicted molar refractivity (Wildman–Crippen MR) is 63.6 cm³/mol. The molecular formula is C10H11BrClNO2. The quantitative estimate of drug-likeness (QED) is 0.898. The van der Waals surface area contributed by atoms with Crippen molar-refractivity contribution in [3.05, 3.63) is 32.8 Å². The molecule has 0 aliphatic carbocycles. The van der Waals surface area contributed by atoms with Gasteiger partial charge < -0.3 is 10.4 Å². The fourth-order valence-corrected chi connectivity index (χ4v) is 1.92. The van der Waals surface area contributed by atoms with E-state index in [1.807, 2.05) is 19.1 Å². The van der Waals surface area contributed by atoms with Crippen LogP contribution in [0.5, 0.6) is 0 Å². The van der Waals surface area contributed by atoms with E-state index in [9.17, 15) is 4.79 Å². The largest absolute Gasteiger partial charge is 0.465 e. The number of hydrogen-bond acceptors (Lipinski definition) is 1. The average molecular weight is 293 g/mol. The van der Waals surface area contributed by atoms with Crippen molar-refractivity contribution < 1.29 is 9.90 Å². The maximum absolute atomic E-state index is 10.2. The number of hydrogen-bond donors (Lipinski definition) is 2. The predicted octanol–water partition coefficient (Wildman–Crippen LogP) is 3.22.